The number of carboxylic acid groups (broad SMARTS) is 1. The molecule has 0 aliphatic heterocycles. The van der Waals surface area contributed by atoms with Crippen molar-refractivity contribution in [2.24, 2.45) is 0 Å². The molecule has 0 spiro atoms. The van der Waals surface area contributed by atoms with E-state index in [-0.39, 0.29) is 18.5 Å². The van der Waals surface area contributed by atoms with Crippen LogP contribution in [0.4, 0.5) is 0 Å². The van der Waals surface area contributed by atoms with Crippen molar-refractivity contribution >= 4 is 27.8 Å². The highest BCUT2D eigenvalue weighted by molar-refractivity contribution is 9.10. The van der Waals surface area contributed by atoms with E-state index in [0.29, 0.717) is 12.8 Å². The number of carbonyl (C=O) groups is 2. The van der Waals surface area contributed by atoms with Gasteiger partial charge in [0.25, 0.3) is 0 Å². The summed E-state index contributed by atoms with van der Waals surface area (Å²) in [5.74, 6) is -0.301. The van der Waals surface area contributed by atoms with Crippen LogP contribution < -0.4 is 4.74 Å². The van der Waals surface area contributed by atoms with Crippen LogP contribution in [0.15, 0.2) is 22.7 Å². The third kappa shape index (κ3) is 4.46. The summed E-state index contributed by atoms with van der Waals surface area (Å²) in [6.07, 6.45) is 2.73. The minimum Gasteiger partial charge on any atom is -0.496 e. The van der Waals surface area contributed by atoms with Crippen LogP contribution in [0, 0.1) is 0 Å². The van der Waals surface area contributed by atoms with E-state index >= 15 is 0 Å². The van der Waals surface area contributed by atoms with E-state index in [0.717, 1.165) is 28.6 Å². The standard InChI is InChI=1S/C15H18BrNO4/c1-21-13-6-2-10(8-12(13)16)3-7-14(18)17(9-15(19)20)11-4-5-11/h2,6,8,11H,3-5,7,9H2,1H3,(H,19,20). The predicted octanol–water partition coefficient (Wildman–Crippen LogP) is 2.47. The number of aliphatic carboxylic acids is 1. The lowest BCUT2D eigenvalue weighted by atomic mass is 10.1. The molecule has 6 heteroatoms. The molecular formula is C15H18BrNO4. The first-order chi connectivity index (χ1) is 10.0. The monoisotopic (exact) mass is 355 g/mol. The molecule has 1 fully saturated rings. The molecule has 1 saturated carbocycles. The van der Waals surface area contributed by atoms with Crippen LogP contribution in [-0.4, -0.2) is 41.6 Å². The van der Waals surface area contributed by atoms with Crippen molar-refractivity contribution in [1.29, 1.82) is 0 Å². The first-order valence-corrected chi connectivity index (χ1v) is 7.64. The Morgan fingerprint density at radius 1 is 1.43 bits per heavy atom. The van der Waals surface area contributed by atoms with E-state index in [2.05, 4.69) is 15.9 Å². The van der Waals surface area contributed by atoms with Gasteiger partial charge in [-0.2, -0.15) is 0 Å². The van der Waals surface area contributed by atoms with E-state index in [9.17, 15) is 9.59 Å². The summed E-state index contributed by atoms with van der Waals surface area (Å²) in [5, 5.41) is 8.87. The molecule has 1 aliphatic rings. The van der Waals surface area contributed by atoms with Crippen LogP contribution in [0.5, 0.6) is 5.75 Å². The fourth-order valence-electron chi connectivity index (χ4n) is 2.21. The molecule has 1 amide bonds. The van der Waals surface area contributed by atoms with Gasteiger partial charge in [0.1, 0.15) is 12.3 Å². The van der Waals surface area contributed by atoms with Gasteiger partial charge >= 0.3 is 5.97 Å². The summed E-state index contributed by atoms with van der Waals surface area (Å²) in [6.45, 7) is -0.199. The lowest BCUT2D eigenvalue weighted by molar-refractivity contribution is -0.144. The number of amides is 1. The van der Waals surface area contributed by atoms with Crippen molar-refractivity contribution in [2.75, 3.05) is 13.7 Å². The third-order valence-electron chi connectivity index (χ3n) is 3.46. The zero-order valence-corrected chi connectivity index (χ0v) is 13.4. The Morgan fingerprint density at radius 2 is 2.14 bits per heavy atom. The molecule has 0 bridgehead atoms. The Labute approximate surface area is 132 Å². The smallest absolute Gasteiger partial charge is 0.323 e. The fraction of sp³-hybridized carbons (Fsp3) is 0.467. The first-order valence-electron chi connectivity index (χ1n) is 6.85. The molecule has 1 aromatic rings. The number of carboxylic acids is 1. The Morgan fingerprint density at radius 3 is 2.67 bits per heavy atom. The second-order valence-electron chi connectivity index (χ2n) is 5.12. The number of ether oxygens (including phenoxy) is 1. The summed E-state index contributed by atoms with van der Waals surface area (Å²) in [6, 6.07) is 5.80. The zero-order valence-electron chi connectivity index (χ0n) is 11.8. The van der Waals surface area contributed by atoms with Crippen LogP contribution in [0.25, 0.3) is 0 Å². The van der Waals surface area contributed by atoms with Gasteiger partial charge in [0.15, 0.2) is 0 Å². The highest BCUT2D eigenvalue weighted by Crippen LogP contribution is 2.28. The van der Waals surface area contributed by atoms with Crippen molar-refractivity contribution in [3.8, 4) is 5.75 Å². The van der Waals surface area contributed by atoms with Gasteiger partial charge in [-0.1, -0.05) is 6.07 Å². The van der Waals surface area contributed by atoms with Crippen LogP contribution >= 0.6 is 15.9 Å². The number of aryl methyl sites for hydroxylation is 1. The van der Waals surface area contributed by atoms with Crippen LogP contribution in [0.2, 0.25) is 0 Å². The molecule has 114 valence electrons. The van der Waals surface area contributed by atoms with E-state index in [4.69, 9.17) is 9.84 Å². The Hall–Kier alpha value is -1.56. The molecule has 1 aromatic carbocycles. The van der Waals surface area contributed by atoms with Crippen LogP contribution in [0.1, 0.15) is 24.8 Å². The number of methoxy groups -OCH3 is 1. The third-order valence-corrected chi connectivity index (χ3v) is 4.08. The maximum atomic E-state index is 12.2. The summed E-state index contributed by atoms with van der Waals surface area (Å²) in [5.41, 5.74) is 1.02. The van der Waals surface area contributed by atoms with Gasteiger partial charge in [-0.15, -0.1) is 0 Å². The average Bonchev–Trinajstić information content (AvgIpc) is 3.26. The summed E-state index contributed by atoms with van der Waals surface area (Å²) < 4.78 is 6.01. The number of hydrogen-bond acceptors (Lipinski definition) is 3. The Bertz CT molecular complexity index is 542. The van der Waals surface area contributed by atoms with Crippen LogP contribution in [0.3, 0.4) is 0 Å². The lowest BCUT2D eigenvalue weighted by Gasteiger charge is -2.20. The van der Waals surface area contributed by atoms with Gasteiger partial charge in [-0.3, -0.25) is 9.59 Å². The Balaban J connectivity index is 1.93. The maximum absolute atomic E-state index is 12.2. The molecule has 21 heavy (non-hydrogen) atoms. The summed E-state index contributed by atoms with van der Waals surface area (Å²) in [7, 11) is 1.60. The predicted molar refractivity (Wildman–Crippen MR) is 81.4 cm³/mol. The van der Waals surface area contributed by atoms with Gasteiger partial charge in [0.2, 0.25) is 5.91 Å². The molecular weight excluding hydrogens is 338 g/mol. The normalized spacial score (nSPS) is 13.8. The first kappa shape index (κ1) is 15.8. The number of halogens is 1. The molecule has 1 N–H and O–H groups in total. The SMILES string of the molecule is COc1ccc(CCC(=O)N(CC(=O)O)C2CC2)cc1Br. The second kappa shape index (κ2) is 6.93. The Kier molecular flexibility index (Phi) is 5.22. The van der Waals surface area contributed by atoms with E-state index in [1.54, 1.807) is 7.11 Å². The highest BCUT2D eigenvalue weighted by Gasteiger charge is 2.33. The molecule has 2 rings (SSSR count). The quantitative estimate of drug-likeness (QED) is 0.815. The van der Waals surface area contributed by atoms with Crippen molar-refractivity contribution in [3.63, 3.8) is 0 Å². The molecule has 5 nitrogen and oxygen atoms in total. The number of hydrogen-bond donors (Lipinski definition) is 1. The van der Waals surface area contributed by atoms with Crippen molar-refractivity contribution in [3.05, 3.63) is 28.2 Å². The van der Waals surface area contributed by atoms with Gasteiger partial charge in [0, 0.05) is 12.5 Å². The van der Waals surface area contributed by atoms with Gasteiger partial charge < -0.3 is 14.7 Å². The largest absolute Gasteiger partial charge is 0.496 e. The molecule has 0 aromatic heterocycles. The number of benzene rings is 1. The number of nitrogens with zero attached hydrogens (tertiary/aromatic N) is 1. The molecule has 0 atom stereocenters. The minimum absolute atomic E-state index is 0.0909. The minimum atomic E-state index is -0.956. The average molecular weight is 356 g/mol. The molecule has 0 heterocycles. The molecule has 0 radical (unpaired) electrons. The van der Waals surface area contributed by atoms with Crippen LogP contribution in [-0.2, 0) is 16.0 Å². The number of carbonyl (C=O) groups excluding carboxylic acids is 1. The number of rotatable bonds is 7. The molecule has 1 aliphatic carbocycles. The van der Waals surface area contributed by atoms with E-state index in [1.807, 2.05) is 18.2 Å². The highest BCUT2D eigenvalue weighted by atomic mass is 79.9. The van der Waals surface area contributed by atoms with E-state index < -0.39 is 5.97 Å². The van der Waals surface area contributed by atoms with Gasteiger partial charge in [0.05, 0.1) is 11.6 Å². The van der Waals surface area contributed by atoms with Crippen molar-refractivity contribution < 1.29 is 19.4 Å². The topological polar surface area (TPSA) is 66.8 Å². The van der Waals surface area contributed by atoms with Gasteiger partial charge in [-0.05, 0) is 52.9 Å². The van der Waals surface area contributed by atoms with Crippen molar-refractivity contribution in [2.45, 2.75) is 31.7 Å². The molecule has 0 saturated heterocycles. The summed E-state index contributed by atoms with van der Waals surface area (Å²) >= 11 is 3.41. The van der Waals surface area contributed by atoms with E-state index in [1.165, 1.54) is 4.90 Å². The lowest BCUT2D eigenvalue weighted by Crippen LogP contribution is -2.37. The van der Waals surface area contributed by atoms with Crippen molar-refractivity contribution in [1.82, 2.24) is 4.90 Å². The maximum Gasteiger partial charge on any atom is 0.323 e. The zero-order chi connectivity index (χ0) is 15.4. The van der Waals surface area contributed by atoms with Gasteiger partial charge in [-0.25, -0.2) is 0 Å². The fourth-order valence-corrected chi connectivity index (χ4v) is 2.80. The second-order valence-corrected chi connectivity index (χ2v) is 5.97. The molecule has 0 unspecified atom stereocenters. The summed E-state index contributed by atoms with van der Waals surface area (Å²) in [4.78, 5) is 24.5.